The van der Waals surface area contributed by atoms with Crippen molar-refractivity contribution in [1.82, 2.24) is 10.6 Å². The fourth-order valence-electron chi connectivity index (χ4n) is 1.69. The molecule has 0 aromatic heterocycles. The third-order valence-corrected chi connectivity index (χ3v) is 2.95. The first kappa shape index (κ1) is 17.2. The van der Waals surface area contributed by atoms with E-state index in [9.17, 15) is 9.18 Å². The molecule has 118 valence electrons. The second-order valence-corrected chi connectivity index (χ2v) is 5.07. The van der Waals surface area contributed by atoms with Gasteiger partial charge in [-0.05, 0) is 31.4 Å². The van der Waals surface area contributed by atoms with Crippen molar-refractivity contribution in [3.05, 3.63) is 30.1 Å². The van der Waals surface area contributed by atoms with E-state index in [1.54, 1.807) is 25.1 Å². The van der Waals surface area contributed by atoms with Gasteiger partial charge in [0.05, 0.1) is 6.54 Å². The lowest BCUT2D eigenvalue weighted by Gasteiger charge is -2.17. The molecule has 1 rings (SSSR count). The number of rotatable bonds is 8. The van der Waals surface area contributed by atoms with Gasteiger partial charge in [-0.3, -0.25) is 0 Å². The molecular formula is C15H23FN2O3. The molecule has 0 saturated carbocycles. The number of para-hydroxylation sites is 1. The molecule has 2 unspecified atom stereocenters. The maximum absolute atomic E-state index is 13.4. The molecule has 6 heteroatoms. The predicted octanol–water partition coefficient (Wildman–Crippen LogP) is 1.91. The third-order valence-electron chi connectivity index (χ3n) is 2.95. The number of aliphatic hydroxyl groups is 1. The van der Waals surface area contributed by atoms with Crippen molar-refractivity contribution in [2.75, 3.05) is 19.7 Å². The fourth-order valence-corrected chi connectivity index (χ4v) is 1.69. The Balaban J connectivity index is 2.25. The number of hydrogen-bond acceptors (Lipinski definition) is 3. The molecule has 2 atom stereocenters. The summed E-state index contributed by atoms with van der Waals surface area (Å²) >= 11 is 0. The minimum Gasteiger partial charge on any atom is -0.486 e. The molecule has 1 aromatic rings. The Kier molecular flexibility index (Phi) is 7.53. The third kappa shape index (κ3) is 6.94. The summed E-state index contributed by atoms with van der Waals surface area (Å²) in [4.78, 5) is 11.6. The number of carbonyl (C=O) groups is 1. The lowest BCUT2D eigenvalue weighted by molar-refractivity contribution is 0.200. The highest BCUT2D eigenvalue weighted by atomic mass is 19.1. The van der Waals surface area contributed by atoms with Crippen LogP contribution in [0.25, 0.3) is 0 Å². The number of amides is 2. The van der Waals surface area contributed by atoms with E-state index in [0.717, 1.165) is 0 Å². The maximum Gasteiger partial charge on any atom is 0.314 e. The van der Waals surface area contributed by atoms with Gasteiger partial charge in [0.25, 0.3) is 0 Å². The van der Waals surface area contributed by atoms with Crippen LogP contribution in [0.1, 0.15) is 20.3 Å². The normalized spacial score (nSPS) is 13.3. The van der Waals surface area contributed by atoms with Crippen LogP contribution in [0.3, 0.4) is 0 Å². The Hall–Kier alpha value is -1.82. The summed E-state index contributed by atoms with van der Waals surface area (Å²) in [5.41, 5.74) is 0. The average molecular weight is 298 g/mol. The van der Waals surface area contributed by atoms with Gasteiger partial charge in [0.15, 0.2) is 11.6 Å². The van der Waals surface area contributed by atoms with Gasteiger partial charge in [-0.15, -0.1) is 0 Å². The molecule has 1 aromatic carbocycles. The van der Waals surface area contributed by atoms with Crippen LogP contribution in [0.2, 0.25) is 0 Å². The molecule has 0 aliphatic rings. The van der Waals surface area contributed by atoms with E-state index in [0.29, 0.717) is 13.0 Å². The van der Waals surface area contributed by atoms with Crippen molar-refractivity contribution in [3.8, 4) is 5.75 Å². The van der Waals surface area contributed by atoms with Gasteiger partial charge in [-0.1, -0.05) is 19.1 Å². The maximum atomic E-state index is 13.4. The van der Waals surface area contributed by atoms with Crippen molar-refractivity contribution in [2.24, 2.45) is 5.92 Å². The van der Waals surface area contributed by atoms with Crippen molar-refractivity contribution in [1.29, 1.82) is 0 Å². The highest BCUT2D eigenvalue weighted by Crippen LogP contribution is 2.16. The van der Waals surface area contributed by atoms with Crippen LogP contribution in [-0.2, 0) is 0 Å². The van der Waals surface area contributed by atoms with Crippen LogP contribution in [0.15, 0.2) is 24.3 Å². The number of nitrogens with one attached hydrogen (secondary N) is 2. The first-order valence-electron chi connectivity index (χ1n) is 7.06. The van der Waals surface area contributed by atoms with Crippen LogP contribution < -0.4 is 15.4 Å². The molecule has 2 amide bonds. The topological polar surface area (TPSA) is 70.6 Å². The molecule has 0 aliphatic carbocycles. The lowest BCUT2D eigenvalue weighted by Crippen LogP contribution is -2.42. The zero-order chi connectivity index (χ0) is 15.7. The second kappa shape index (κ2) is 9.18. The van der Waals surface area contributed by atoms with Crippen molar-refractivity contribution >= 4 is 6.03 Å². The van der Waals surface area contributed by atoms with Gasteiger partial charge in [0.1, 0.15) is 6.10 Å². The minimum absolute atomic E-state index is 0.109. The van der Waals surface area contributed by atoms with Gasteiger partial charge in [-0.25, -0.2) is 9.18 Å². The molecule has 3 N–H and O–H groups in total. The Bertz CT molecular complexity index is 443. The summed E-state index contributed by atoms with van der Waals surface area (Å²) in [6.07, 6.45) is 0.301. The first-order valence-corrected chi connectivity index (χ1v) is 7.06. The van der Waals surface area contributed by atoms with Crippen molar-refractivity contribution in [2.45, 2.75) is 26.4 Å². The molecule has 0 saturated heterocycles. The highest BCUT2D eigenvalue weighted by molar-refractivity contribution is 5.73. The van der Waals surface area contributed by atoms with E-state index in [1.165, 1.54) is 6.07 Å². The first-order chi connectivity index (χ1) is 10.0. The lowest BCUT2D eigenvalue weighted by atomic mass is 10.1. The standard InChI is InChI=1S/C15H23FN2O3/c1-11(7-8-19)9-17-15(20)18-10-12(2)21-14-6-4-3-5-13(14)16/h3-6,11-12,19H,7-10H2,1-2H3,(H2,17,18,20). The molecule has 0 heterocycles. The smallest absolute Gasteiger partial charge is 0.314 e. The average Bonchev–Trinajstić information content (AvgIpc) is 2.46. The van der Waals surface area contributed by atoms with Gasteiger partial charge >= 0.3 is 6.03 Å². The number of hydrogen-bond donors (Lipinski definition) is 3. The van der Waals surface area contributed by atoms with E-state index in [1.807, 2.05) is 6.92 Å². The minimum atomic E-state index is -0.424. The Labute approximate surface area is 124 Å². The summed E-state index contributed by atoms with van der Waals surface area (Å²) in [5.74, 6) is -0.0387. The number of carbonyl (C=O) groups excluding carboxylic acids is 1. The second-order valence-electron chi connectivity index (χ2n) is 5.07. The van der Waals surface area contributed by atoms with Gasteiger partial charge in [0.2, 0.25) is 0 Å². The number of halogens is 1. The number of benzene rings is 1. The Morgan fingerprint density at radius 1 is 1.29 bits per heavy atom. The molecule has 0 fully saturated rings. The zero-order valence-corrected chi connectivity index (χ0v) is 12.4. The van der Waals surface area contributed by atoms with Crippen LogP contribution in [-0.4, -0.2) is 36.9 Å². The largest absolute Gasteiger partial charge is 0.486 e. The summed E-state index contributed by atoms with van der Waals surface area (Å²) in [7, 11) is 0. The Morgan fingerprint density at radius 2 is 1.95 bits per heavy atom. The Morgan fingerprint density at radius 3 is 2.62 bits per heavy atom. The molecule has 0 spiro atoms. The molecular weight excluding hydrogens is 275 g/mol. The molecule has 0 aliphatic heterocycles. The van der Waals surface area contributed by atoms with Gasteiger partial charge in [-0.2, -0.15) is 0 Å². The van der Waals surface area contributed by atoms with E-state index in [-0.39, 0.29) is 37.0 Å². The monoisotopic (exact) mass is 298 g/mol. The SMILES string of the molecule is CC(CCO)CNC(=O)NCC(C)Oc1ccccc1F. The number of ether oxygens (including phenoxy) is 1. The summed E-state index contributed by atoms with van der Waals surface area (Å²) in [6.45, 7) is 4.57. The molecule has 0 bridgehead atoms. The molecule has 21 heavy (non-hydrogen) atoms. The van der Waals surface area contributed by atoms with Crippen molar-refractivity contribution in [3.63, 3.8) is 0 Å². The number of aliphatic hydroxyl groups excluding tert-OH is 1. The van der Waals surface area contributed by atoms with Crippen LogP contribution in [0.4, 0.5) is 9.18 Å². The van der Waals surface area contributed by atoms with E-state index in [4.69, 9.17) is 9.84 Å². The zero-order valence-electron chi connectivity index (χ0n) is 12.4. The van der Waals surface area contributed by atoms with Crippen molar-refractivity contribution < 1.29 is 19.0 Å². The van der Waals surface area contributed by atoms with Crippen LogP contribution >= 0.6 is 0 Å². The molecule has 5 nitrogen and oxygen atoms in total. The van der Waals surface area contributed by atoms with Crippen LogP contribution in [0, 0.1) is 11.7 Å². The van der Waals surface area contributed by atoms with E-state index in [2.05, 4.69) is 10.6 Å². The quantitative estimate of drug-likeness (QED) is 0.686. The van der Waals surface area contributed by atoms with Crippen LogP contribution in [0.5, 0.6) is 5.75 Å². The summed E-state index contributed by atoms with van der Waals surface area (Å²) in [6, 6.07) is 5.84. The summed E-state index contributed by atoms with van der Waals surface area (Å²) in [5, 5.41) is 14.1. The fraction of sp³-hybridized carbons (Fsp3) is 0.533. The predicted molar refractivity (Wildman–Crippen MR) is 78.8 cm³/mol. The summed E-state index contributed by atoms with van der Waals surface area (Å²) < 4.78 is 18.8. The van der Waals surface area contributed by atoms with Gasteiger partial charge in [0, 0.05) is 13.2 Å². The highest BCUT2D eigenvalue weighted by Gasteiger charge is 2.10. The van der Waals surface area contributed by atoms with E-state index < -0.39 is 5.82 Å². The molecule has 0 radical (unpaired) electrons. The van der Waals surface area contributed by atoms with E-state index >= 15 is 0 Å². The van der Waals surface area contributed by atoms with Gasteiger partial charge < -0.3 is 20.5 Å². The number of urea groups is 1.